The van der Waals surface area contributed by atoms with Crippen molar-refractivity contribution < 1.29 is 0 Å². The Kier molecular flexibility index (Phi) is 11.1. The highest BCUT2D eigenvalue weighted by molar-refractivity contribution is 14.1. The summed E-state index contributed by atoms with van der Waals surface area (Å²) in [5, 5.41) is 0. The standard InChI is InChI=1S/C23H30I2/c24-17-5-1-3-7-20-9-13-22(14-10-20)19-23-15-11-21(12-16-23)8-4-2-6-18-25/h9-16H,1-8,17-19H2. The Morgan fingerprint density at radius 1 is 0.440 bits per heavy atom. The predicted octanol–water partition coefficient (Wildman–Crippen LogP) is 7.57. The monoisotopic (exact) mass is 560 g/mol. The summed E-state index contributed by atoms with van der Waals surface area (Å²) in [6, 6.07) is 18.5. The van der Waals surface area contributed by atoms with Gasteiger partial charge in [0.2, 0.25) is 0 Å². The summed E-state index contributed by atoms with van der Waals surface area (Å²) in [4.78, 5) is 0. The van der Waals surface area contributed by atoms with Gasteiger partial charge >= 0.3 is 0 Å². The van der Waals surface area contributed by atoms with E-state index in [1.807, 2.05) is 0 Å². The Hall–Kier alpha value is -0.100. The third kappa shape index (κ3) is 8.89. The Morgan fingerprint density at radius 2 is 0.800 bits per heavy atom. The van der Waals surface area contributed by atoms with E-state index in [1.54, 1.807) is 0 Å². The molecule has 0 N–H and O–H groups in total. The van der Waals surface area contributed by atoms with Crippen molar-refractivity contribution in [1.82, 2.24) is 0 Å². The van der Waals surface area contributed by atoms with Gasteiger partial charge in [0, 0.05) is 0 Å². The Morgan fingerprint density at radius 3 is 1.16 bits per heavy atom. The molecule has 0 bridgehead atoms. The number of unbranched alkanes of at least 4 members (excludes halogenated alkanes) is 4. The van der Waals surface area contributed by atoms with E-state index in [4.69, 9.17) is 0 Å². The molecule has 0 aliphatic rings. The van der Waals surface area contributed by atoms with Crippen LogP contribution in [0, 0.1) is 0 Å². The summed E-state index contributed by atoms with van der Waals surface area (Å²) in [6.07, 6.45) is 11.6. The van der Waals surface area contributed by atoms with Crippen LogP contribution < -0.4 is 0 Å². The van der Waals surface area contributed by atoms with Crippen molar-refractivity contribution in [2.45, 2.75) is 57.8 Å². The van der Waals surface area contributed by atoms with Gasteiger partial charge in [-0.1, -0.05) is 107 Å². The second kappa shape index (κ2) is 13.1. The molecule has 0 amide bonds. The van der Waals surface area contributed by atoms with Crippen LogP contribution in [0.2, 0.25) is 0 Å². The largest absolute Gasteiger partial charge is 0.0864 e. The van der Waals surface area contributed by atoms with E-state index in [-0.39, 0.29) is 0 Å². The van der Waals surface area contributed by atoms with Gasteiger partial charge in [-0.25, -0.2) is 0 Å². The molecule has 0 aliphatic carbocycles. The van der Waals surface area contributed by atoms with E-state index < -0.39 is 0 Å². The van der Waals surface area contributed by atoms with Crippen LogP contribution in [0.4, 0.5) is 0 Å². The lowest BCUT2D eigenvalue weighted by atomic mass is 9.99. The normalized spacial score (nSPS) is 11.0. The first-order chi connectivity index (χ1) is 12.3. The van der Waals surface area contributed by atoms with Gasteiger partial charge in [-0.2, -0.15) is 0 Å². The first-order valence-electron chi connectivity index (χ1n) is 9.59. The van der Waals surface area contributed by atoms with E-state index in [0.717, 1.165) is 6.42 Å². The first kappa shape index (κ1) is 21.2. The minimum atomic E-state index is 1.05. The van der Waals surface area contributed by atoms with E-state index in [9.17, 15) is 0 Å². The third-order valence-electron chi connectivity index (χ3n) is 4.65. The number of benzene rings is 2. The topological polar surface area (TPSA) is 0 Å². The highest BCUT2D eigenvalue weighted by atomic mass is 127. The lowest BCUT2D eigenvalue weighted by Crippen LogP contribution is -1.92. The molecule has 0 saturated carbocycles. The van der Waals surface area contributed by atoms with E-state index in [1.165, 1.54) is 82.5 Å². The molecule has 0 saturated heterocycles. The summed E-state index contributed by atoms with van der Waals surface area (Å²) in [5.41, 5.74) is 5.81. The highest BCUT2D eigenvalue weighted by Gasteiger charge is 2.00. The summed E-state index contributed by atoms with van der Waals surface area (Å²) in [7, 11) is 0. The molecule has 25 heavy (non-hydrogen) atoms. The number of rotatable bonds is 12. The number of hydrogen-bond acceptors (Lipinski definition) is 0. The van der Waals surface area contributed by atoms with Gasteiger partial charge in [0.1, 0.15) is 0 Å². The summed E-state index contributed by atoms with van der Waals surface area (Å²) >= 11 is 4.94. The maximum atomic E-state index is 2.47. The SMILES string of the molecule is ICCCCCc1ccc(Cc2ccc(CCCCCI)cc2)cc1. The Labute approximate surface area is 181 Å². The van der Waals surface area contributed by atoms with Crippen molar-refractivity contribution >= 4 is 45.2 Å². The second-order valence-corrected chi connectivity index (χ2v) is 8.97. The molecule has 2 heteroatoms. The molecule has 136 valence electrons. The molecule has 0 radical (unpaired) electrons. The molecule has 0 heterocycles. The van der Waals surface area contributed by atoms with Gasteiger partial charge in [-0.05, 0) is 76.1 Å². The fourth-order valence-corrected chi connectivity index (χ4v) is 4.16. The fraction of sp³-hybridized carbons (Fsp3) is 0.478. The van der Waals surface area contributed by atoms with Crippen LogP contribution in [0.25, 0.3) is 0 Å². The number of hydrogen-bond donors (Lipinski definition) is 0. The Bertz CT molecular complexity index is 519. The summed E-state index contributed by atoms with van der Waals surface area (Å²) < 4.78 is 2.57. The Balaban J connectivity index is 1.77. The van der Waals surface area contributed by atoms with Crippen LogP contribution in [0.5, 0.6) is 0 Å². The smallest absolute Gasteiger partial charge is 0.000473 e. The van der Waals surface area contributed by atoms with Crippen molar-refractivity contribution in [2.75, 3.05) is 8.86 Å². The van der Waals surface area contributed by atoms with Gasteiger partial charge in [-0.3, -0.25) is 0 Å². The third-order valence-corrected chi connectivity index (χ3v) is 6.18. The van der Waals surface area contributed by atoms with E-state index in [0.29, 0.717) is 0 Å². The second-order valence-electron chi connectivity index (χ2n) is 6.81. The van der Waals surface area contributed by atoms with E-state index >= 15 is 0 Å². The zero-order valence-electron chi connectivity index (χ0n) is 15.2. The van der Waals surface area contributed by atoms with Crippen LogP contribution >= 0.6 is 45.2 Å². The van der Waals surface area contributed by atoms with Gasteiger partial charge in [-0.15, -0.1) is 0 Å². The van der Waals surface area contributed by atoms with Gasteiger partial charge < -0.3 is 0 Å². The summed E-state index contributed by atoms with van der Waals surface area (Å²) in [5.74, 6) is 0. The number of alkyl halides is 2. The average Bonchev–Trinajstić information content (AvgIpc) is 2.65. The first-order valence-corrected chi connectivity index (χ1v) is 12.6. The lowest BCUT2D eigenvalue weighted by Gasteiger charge is -2.06. The molecule has 2 aromatic rings. The minimum absolute atomic E-state index is 1.05. The molecule has 2 rings (SSSR count). The maximum absolute atomic E-state index is 2.47. The molecule has 0 spiro atoms. The van der Waals surface area contributed by atoms with E-state index in [2.05, 4.69) is 93.7 Å². The van der Waals surface area contributed by atoms with Crippen LogP contribution in [0.1, 0.15) is 60.8 Å². The van der Waals surface area contributed by atoms with Crippen LogP contribution in [0.3, 0.4) is 0 Å². The van der Waals surface area contributed by atoms with Crippen molar-refractivity contribution in [3.05, 3.63) is 70.8 Å². The number of halogens is 2. The molecular weight excluding hydrogens is 530 g/mol. The molecular formula is C23H30I2. The molecule has 0 aliphatic heterocycles. The molecule has 0 aromatic heterocycles. The quantitative estimate of drug-likeness (QED) is 0.143. The average molecular weight is 560 g/mol. The van der Waals surface area contributed by atoms with Crippen molar-refractivity contribution in [3.63, 3.8) is 0 Å². The van der Waals surface area contributed by atoms with Crippen LogP contribution in [0.15, 0.2) is 48.5 Å². The molecule has 2 aromatic carbocycles. The van der Waals surface area contributed by atoms with Crippen LogP contribution in [-0.4, -0.2) is 8.86 Å². The van der Waals surface area contributed by atoms with Crippen molar-refractivity contribution in [1.29, 1.82) is 0 Å². The minimum Gasteiger partial charge on any atom is -0.0864 e. The number of aryl methyl sites for hydroxylation is 2. The molecule has 0 atom stereocenters. The van der Waals surface area contributed by atoms with Gasteiger partial charge in [0.05, 0.1) is 0 Å². The maximum Gasteiger partial charge on any atom is -0.000473 e. The lowest BCUT2D eigenvalue weighted by molar-refractivity contribution is 0.726. The summed E-state index contributed by atoms with van der Waals surface area (Å²) in [6.45, 7) is 0. The molecule has 0 fully saturated rings. The fourth-order valence-electron chi connectivity index (χ4n) is 3.08. The zero-order valence-corrected chi connectivity index (χ0v) is 19.5. The van der Waals surface area contributed by atoms with Gasteiger partial charge in [0.15, 0.2) is 0 Å². The predicted molar refractivity (Wildman–Crippen MR) is 129 cm³/mol. The van der Waals surface area contributed by atoms with Gasteiger partial charge in [0.25, 0.3) is 0 Å². The zero-order chi connectivity index (χ0) is 17.7. The van der Waals surface area contributed by atoms with Crippen LogP contribution in [-0.2, 0) is 19.3 Å². The highest BCUT2D eigenvalue weighted by Crippen LogP contribution is 2.15. The molecule has 0 unspecified atom stereocenters. The molecule has 0 nitrogen and oxygen atoms in total. The van der Waals surface area contributed by atoms with Crippen molar-refractivity contribution in [3.8, 4) is 0 Å². The van der Waals surface area contributed by atoms with Crippen molar-refractivity contribution in [2.24, 2.45) is 0 Å².